The van der Waals surface area contributed by atoms with Gasteiger partial charge in [-0.05, 0) is 44.5 Å². The van der Waals surface area contributed by atoms with Crippen LogP contribution in [0, 0.1) is 12.7 Å². The molecule has 0 radical (unpaired) electrons. The number of carboxylic acid groups (broad SMARTS) is 1. The first kappa shape index (κ1) is 18.1. The van der Waals surface area contributed by atoms with Gasteiger partial charge in [-0.1, -0.05) is 0 Å². The Morgan fingerprint density at radius 2 is 2.08 bits per heavy atom. The Morgan fingerprint density at radius 1 is 1.42 bits per heavy atom. The summed E-state index contributed by atoms with van der Waals surface area (Å²) in [6, 6.07) is 2.83. The van der Waals surface area contributed by atoms with Crippen LogP contribution >= 0.6 is 0 Å². The number of carboxylic acids is 1. The molecule has 130 valence electrons. The molecule has 9 heteroatoms. The first-order valence-corrected chi connectivity index (χ1v) is 8.61. The van der Waals surface area contributed by atoms with Gasteiger partial charge in [-0.2, -0.15) is 9.40 Å². The molecule has 1 aromatic heterocycles. The number of aliphatic carboxylic acids is 1. The number of nitrogens with zero attached hydrogens (tertiary/aromatic N) is 3. The fourth-order valence-corrected chi connectivity index (χ4v) is 3.79. The van der Waals surface area contributed by atoms with Gasteiger partial charge in [-0.3, -0.25) is 4.79 Å². The molecular weight excluding hydrogens is 337 g/mol. The lowest BCUT2D eigenvalue weighted by molar-refractivity contribution is -0.137. The molecule has 0 bridgehead atoms. The largest absolute Gasteiger partial charge is 0.480 e. The predicted molar refractivity (Wildman–Crippen MR) is 84.9 cm³/mol. The molecule has 1 aromatic carbocycles. The molecule has 2 rings (SSSR count). The highest BCUT2D eigenvalue weighted by molar-refractivity contribution is 7.89. The zero-order valence-corrected chi connectivity index (χ0v) is 14.3. The van der Waals surface area contributed by atoms with Crippen LogP contribution in [0.4, 0.5) is 4.39 Å². The van der Waals surface area contributed by atoms with E-state index in [1.807, 2.05) is 0 Å². The van der Waals surface area contributed by atoms with E-state index in [2.05, 4.69) is 5.10 Å². The molecule has 2 aromatic rings. The summed E-state index contributed by atoms with van der Waals surface area (Å²) in [4.78, 5) is 10.6. The number of aromatic nitrogens is 2. The molecule has 0 saturated heterocycles. The number of halogens is 1. The number of sulfonamides is 1. The summed E-state index contributed by atoms with van der Waals surface area (Å²) in [6.07, 6.45) is 3.16. The van der Waals surface area contributed by atoms with E-state index in [0.29, 0.717) is 0 Å². The van der Waals surface area contributed by atoms with Crippen molar-refractivity contribution in [3.8, 4) is 5.69 Å². The number of carbonyl (C=O) groups is 1. The van der Waals surface area contributed by atoms with E-state index in [1.54, 1.807) is 33.2 Å². The first-order chi connectivity index (χ1) is 11.1. The maximum atomic E-state index is 14.3. The SMILES string of the molecule is Cc1cnn(-c2ccc(S(=O)(=O)N(CC(=O)O)C(C)C)cc2F)c1. The maximum Gasteiger partial charge on any atom is 0.318 e. The van der Waals surface area contributed by atoms with Crippen molar-refractivity contribution in [3.63, 3.8) is 0 Å². The normalized spacial score (nSPS) is 12.1. The van der Waals surface area contributed by atoms with Gasteiger partial charge in [0.05, 0.1) is 11.1 Å². The molecular formula is C15H18FN3O4S. The third kappa shape index (κ3) is 3.62. The average molecular weight is 355 g/mol. The third-order valence-electron chi connectivity index (χ3n) is 3.35. The van der Waals surface area contributed by atoms with Crippen LogP contribution in [0.5, 0.6) is 0 Å². The topological polar surface area (TPSA) is 92.5 Å². The zero-order valence-electron chi connectivity index (χ0n) is 13.5. The molecule has 0 spiro atoms. The fourth-order valence-electron chi connectivity index (χ4n) is 2.19. The van der Waals surface area contributed by atoms with E-state index in [1.165, 1.54) is 16.8 Å². The third-order valence-corrected chi connectivity index (χ3v) is 5.37. The minimum Gasteiger partial charge on any atom is -0.480 e. The minimum absolute atomic E-state index is 0.108. The van der Waals surface area contributed by atoms with Crippen molar-refractivity contribution < 1.29 is 22.7 Å². The summed E-state index contributed by atoms with van der Waals surface area (Å²) in [6.45, 7) is 4.21. The van der Waals surface area contributed by atoms with Crippen LogP contribution in [-0.4, -0.2) is 46.2 Å². The summed E-state index contributed by atoms with van der Waals surface area (Å²) in [7, 11) is -4.13. The summed E-state index contributed by atoms with van der Waals surface area (Å²) in [5.74, 6) is -2.05. The number of hydrogen-bond acceptors (Lipinski definition) is 4. The molecule has 0 unspecified atom stereocenters. The lowest BCUT2D eigenvalue weighted by Crippen LogP contribution is -2.40. The second-order valence-electron chi connectivity index (χ2n) is 5.61. The summed E-state index contributed by atoms with van der Waals surface area (Å²) in [5, 5.41) is 12.9. The molecule has 1 N–H and O–H groups in total. The molecule has 0 saturated carbocycles. The number of aryl methyl sites for hydroxylation is 1. The molecule has 0 aliphatic heterocycles. The Hall–Kier alpha value is -2.26. The Morgan fingerprint density at radius 3 is 2.54 bits per heavy atom. The van der Waals surface area contributed by atoms with Gasteiger partial charge < -0.3 is 5.11 Å². The standard InChI is InChI=1S/C15H18FN3O4S/c1-10(2)19(9-15(20)21)24(22,23)12-4-5-14(13(16)6-12)18-8-11(3)7-17-18/h4-8,10H,9H2,1-3H3,(H,20,21). The number of rotatable bonds is 6. The molecule has 7 nitrogen and oxygen atoms in total. The first-order valence-electron chi connectivity index (χ1n) is 7.17. The Bertz CT molecular complexity index is 861. The van der Waals surface area contributed by atoms with Gasteiger partial charge in [-0.15, -0.1) is 0 Å². The van der Waals surface area contributed by atoms with Crippen LogP contribution in [0.15, 0.2) is 35.5 Å². The molecule has 24 heavy (non-hydrogen) atoms. The van der Waals surface area contributed by atoms with E-state index in [-0.39, 0.29) is 10.6 Å². The Labute approximate surface area is 139 Å². The second kappa shape index (κ2) is 6.70. The Kier molecular flexibility index (Phi) is 5.05. The van der Waals surface area contributed by atoms with E-state index in [9.17, 15) is 17.6 Å². The van der Waals surface area contributed by atoms with Crippen LogP contribution < -0.4 is 0 Å². The summed E-state index contributed by atoms with van der Waals surface area (Å²) in [5.41, 5.74) is 0.940. The summed E-state index contributed by atoms with van der Waals surface area (Å²) < 4.78 is 41.6. The van der Waals surface area contributed by atoms with Gasteiger partial charge in [-0.25, -0.2) is 17.5 Å². The van der Waals surface area contributed by atoms with Crippen molar-refractivity contribution in [2.75, 3.05) is 6.54 Å². The molecule has 0 atom stereocenters. The average Bonchev–Trinajstić information content (AvgIpc) is 2.90. The lowest BCUT2D eigenvalue weighted by Gasteiger charge is -2.24. The predicted octanol–water partition coefficient (Wildman–Crippen LogP) is 1.80. The number of hydrogen-bond donors (Lipinski definition) is 1. The number of benzene rings is 1. The monoisotopic (exact) mass is 355 g/mol. The lowest BCUT2D eigenvalue weighted by atomic mass is 10.3. The van der Waals surface area contributed by atoms with Crippen LogP contribution in [0.25, 0.3) is 5.69 Å². The minimum atomic E-state index is -4.13. The van der Waals surface area contributed by atoms with E-state index >= 15 is 0 Å². The highest BCUT2D eigenvalue weighted by Crippen LogP contribution is 2.22. The molecule has 1 heterocycles. The molecule has 0 fully saturated rings. The van der Waals surface area contributed by atoms with Gasteiger partial charge in [0.1, 0.15) is 18.0 Å². The molecule has 0 amide bonds. The van der Waals surface area contributed by atoms with Crippen molar-refractivity contribution in [1.29, 1.82) is 0 Å². The smallest absolute Gasteiger partial charge is 0.318 e. The van der Waals surface area contributed by atoms with Crippen LogP contribution in [0.1, 0.15) is 19.4 Å². The second-order valence-corrected chi connectivity index (χ2v) is 7.50. The van der Waals surface area contributed by atoms with Gasteiger partial charge in [0.2, 0.25) is 10.0 Å². The van der Waals surface area contributed by atoms with Crippen molar-refractivity contribution in [1.82, 2.24) is 14.1 Å². The highest BCUT2D eigenvalue weighted by atomic mass is 32.2. The van der Waals surface area contributed by atoms with E-state index in [4.69, 9.17) is 5.11 Å². The van der Waals surface area contributed by atoms with E-state index < -0.39 is 34.4 Å². The van der Waals surface area contributed by atoms with Gasteiger partial charge in [0.25, 0.3) is 0 Å². The van der Waals surface area contributed by atoms with Crippen molar-refractivity contribution >= 4 is 16.0 Å². The Balaban J connectivity index is 2.44. The fraction of sp³-hybridized carbons (Fsp3) is 0.333. The zero-order chi connectivity index (χ0) is 18.1. The maximum absolute atomic E-state index is 14.3. The van der Waals surface area contributed by atoms with Crippen LogP contribution in [-0.2, 0) is 14.8 Å². The van der Waals surface area contributed by atoms with Crippen LogP contribution in [0.3, 0.4) is 0 Å². The van der Waals surface area contributed by atoms with Crippen LogP contribution in [0.2, 0.25) is 0 Å². The summed E-state index contributed by atoms with van der Waals surface area (Å²) >= 11 is 0. The quantitative estimate of drug-likeness (QED) is 0.853. The molecule has 0 aliphatic carbocycles. The van der Waals surface area contributed by atoms with Gasteiger partial charge >= 0.3 is 5.97 Å². The van der Waals surface area contributed by atoms with Crippen molar-refractivity contribution in [2.24, 2.45) is 0 Å². The van der Waals surface area contributed by atoms with Crippen molar-refractivity contribution in [2.45, 2.75) is 31.7 Å². The van der Waals surface area contributed by atoms with Gasteiger partial charge in [0.15, 0.2) is 0 Å². The highest BCUT2D eigenvalue weighted by Gasteiger charge is 2.29. The van der Waals surface area contributed by atoms with Crippen molar-refractivity contribution in [3.05, 3.63) is 42.0 Å². The molecule has 0 aliphatic rings. The van der Waals surface area contributed by atoms with Gasteiger partial charge in [0, 0.05) is 12.2 Å². The van der Waals surface area contributed by atoms with E-state index in [0.717, 1.165) is 15.9 Å².